The third-order valence-electron chi connectivity index (χ3n) is 2.50. The standard InChI is InChI=1S/C12H17N3O3/c1-2-3-4-9(12(17)18)15-8-5-6-14-10(7-8)11(13)16/h5-7,9H,2-4H2,1H3,(H2,13,16)(H,14,15)(H,17,18). The summed E-state index contributed by atoms with van der Waals surface area (Å²) in [6.07, 6.45) is 3.69. The van der Waals surface area contributed by atoms with Crippen LogP contribution >= 0.6 is 0 Å². The highest BCUT2D eigenvalue weighted by Gasteiger charge is 2.16. The summed E-state index contributed by atoms with van der Waals surface area (Å²) in [6.45, 7) is 2.00. The van der Waals surface area contributed by atoms with E-state index in [2.05, 4.69) is 10.3 Å². The molecule has 0 aromatic carbocycles. The highest BCUT2D eigenvalue weighted by atomic mass is 16.4. The first-order chi connectivity index (χ1) is 8.54. The van der Waals surface area contributed by atoms with Gasteiger partial charge in [0, 0.05) is 11.9 Å². The molecule has 1 heterocycles. The molecule has 1 amide bonds. The third-order valence-corrected chi connectivity index (χ3v) is 2.50. The lowest BCUT2D eigenvalue weighted by atomic mass is 10.1. The van der Waals surface area contributed by atoms with Gasteiger partial charge < -0.3 is 16.2 Å². The Labute approximate surface area is 105 Å². The lowest BCUT2D eigenvalue weighted by Crippen LogP contribution is -2.29. The van der Waals surface area contributed by atoms with E-state index >= 15 is 0 Å². The fraction of sp³-hybridized carbons (Fsp3) is 0.417. The van der Waals surface area contributed by atoms with E-state index in [9.17, 15) is 9.59 Å². The zero-order chi connectivity index (χ0) is 13.5. The Morgan fingerprint density at radius 2 is 2.28 bits per heavy atom. The molecule has 0 aliphatic heterocycles. The number of unbranched alkanes of at least 4 members (excludes halogenated alkanes) is 1. The van der Waals surface area contributed by atoms with Crippen LogP contribution in [-0.2, 0) is 4.79 Å². The maximum Gasteiger partial charge on any atom is 0.326 e. The second-order valence-electron chi connectivity index (χ2n) is 3.97. The molecule has 1 rings (SSSR count). The van der Waals surface area contributed by atoms with Gasteiger partial charge in [-0.15, -0.1) is 0 Å². The molecule has 6 heteroatoms. The molecule has 0 spiro atoms. The first-order valence-electron chi connectivity index (χ1n) is 5.79. The Morgan fingerprint density at radius 3 is 2.83 bits per heavy atom. The molecule has 0 saturated heterocycles. The average molecular weight is 251 g/mol. The van der Waals surface area contributed by atoms with E-state index in [1.54, 1.807) is 6.07 Å². The lowest BCUT2D eigenvalue weighted by Gasteiger charge is -2.15. The van der Waals surface area contributed by atoms with Gasteiger partial charge in [-0.25, -0.2) is 4.79 Å². The monoisotopic (exact) mass is 251 g/mol. The van der Waals surface area contributed by atoms with E-state index in [-0.39, 0.29) is 5.69 Å². The molecule has 1 aromatic rings. The summed E-state index contributed by atoms with van der Waals surface area (Å²) >= 11 is 0. The van der Waals surface area contributed by atoms with Gasteiger partial charge in [-0.05, 0) is 18.6 Å². The van der Waals surface area contributed by atoms with Crippen molar-refractivity contribution in [1.82, 2.24) is 4.98 Å². The maximum atomic E-state index is 11.1. The van der Waals surface area contributed by atoms with Crippen molar-refractivity contribution in [3.8, 4) is 0 Å². The van der Waals surface area contributed by atoms with Crippen LogP contribution in [0.2, 0.25) is 0 Å². The predicted molar refractivity (Wildman–Crippen MR) is 67.3 cm³/mol. The molecule has 1 aromatic heterocycles. The highest BCUT2D eigenvalue weighted by Crippen LogP contribution is 2.12. The normalized spacial score (nSPS) is 11.8. The number of amides is 1. The Morgan fingerprint density at radius 1 is 1.56 bits per heavy atom. The highest BCUT2D eigenvalue weighted by molar-refractivity contribution is 5.91. The van der Waals surface area contributed by atoms with E-state index in [0.717, 1.165) is 12.8 Å². The lowest BCUT2D eigenvalue weighted by molar-refractivity contribution is -0.138. The number of aromatic nitrogens is 1. The number of rotatable bonds is 7. The van der Waals surface area contributed by atoms with E-state index in [0.29, 0.717) is 12.1 Å². The fourth-order valence-electron chi connectivity index (χ4n) is 1.52. The minimum atomic E-state index is -0.916. The van der Waals surface area contributed by atoms with Crippen LogP contribution in [0.5, 0.6) is 0 Å². The fourth-order valence-corrected chi connectivity index (χ4v) is 1.52. The number of anilines is 1. The van der Waals surface area contributed by atoms with Crippen molar-refractivity contribution in [3.05, 3.63) is 24.0 Å². The molecule has 0 fully saturated rings. The molecule has 98 valence electrons. The third kappa shape index (κ3) is 4.04. The van der Waals surface area contributed by atoms with E-state index in [1.165, 1.54) is 12.3 Å². The molecule has 18 heavy (non-hydrogen) atoms. The zero-order valence-corrected chi connectivity index (χ0v) is 10.2. The van der Waals surface area contributed by atoms with Gasteiger partial charge in [0.25, 0.3) is 5.91 Å². The van der Waals surface area contributed by atoms with Gasteiger partial charge in [0.1, 0.15) is 11.7 Å². The van der Waals surface area contributed by atoms with Gasteiger partial charge in [0.05, 0.1) is 0 Å². The van der Waals surface area contributed by atoms with Crippen molar-refractivity contribution in [2.24, 2.45) is 5.73 Å². The smallest absolute Gasteiger partial charge is 0.326 e. The molecular formula is C12H17N3O3. The quantitative estimate of drug-likeness (QED) is 0.676. The van der Waals surface area contributed by atoms with Gasteiger partial charge in [0.15, 0.2) is 0 Å². The SMILES string of the molecule is CCCCC(Nc1ccnc(C(N)=O)c1)C(=O)O. The number of aliphatic carboxylic acids is 1. The first kappa shape index (κ1) is 14.0. The topological polar surface area (TPSA) is 105 Å². The molecule has 0 radical (unpaired) electrons. The van der Waals surface area contributed by atoms with Crippen LogP contribution in [0.1, 0.15) is 36.7 Å². The summed E-state index contributed by atoms with van der Waals surface area (Å²) in [5.41, 5.74) is 5.75. The summed E-state index contributed by atoms with van der Waals surface area (Å²) < 4.78 is 0. The molecule has 1 unspecified atom stereocenters. The average Bonchev–Trinajstić information content (AvgIpc) is 2.34. The Balaban J connectivity index is 2.77. The molecule has 4 N–H and O–H groups in total. The molecule has 0 aliphatic rings. The number of hydrogen-bond donors (Lipinski definition) is 3. The van der Waals surface area contributed by atoms with Crippen LogP contribution < -0.4 is 11.1 Å². The second kappa shape index (κ2) is 6.58. The van der Waals surface area contributed by atoms with E-state index in [1.807, 2.05) is 6.92 Å². The Kier molecular flexibility index (Phi) is 5.10. The van der Waals surface area contributed by atoms with Crippen molar-refractivity contribution < 1.29 is 14.7 Å². The summed E-state index contributed by atoms with van der Waals surface area (Å²) in [5, 5.41) is 11.9. The number of carbonyl (C=O) groups excluding carboxylic acids is 1. The first-order valence-corrected chi connectivity index (χ1v) is 5.79. The number of nitrogens with zero attached hydrogens (tertiary/aromatic N) is 1. The molecule has 0 aliphatic carbocycles. The predicted octanol–water partition coefficient (Wildman–Crippen LogP) is 1.24. The van der Waals surface area contributed by atoms with Crippen LogP contribution in [0, 0.1) is 0 Å². The van der Waals surface area contributed by atoms with Gasteiger partial charge in [-0.3, -0.25) is 9.78 Å². The van der Waals surface area contributed by atoms with Crippen LogP contribution in [0.25, 0.3) is 0 Å². The van der Waals surface area contributed by atoms with Crippen molar-refractivity contribution >= 4 is 17.6 Å². The number of nitrogens with one attached hydrogen (secondary N) is 1. The Hall–Kier alpha value is -2.11. The minimum Gasteiger partial charge on any atom is -0.480 e. The number of primary amides is 1. The Bertz CT molecular complexity index is 434. The van der Waals surface area contributed by atoms with Gasteiger partial charge in [-0.2, -0.15) is 0 Å². The number of hydrogen-bond acceptors (Lipinski definition) is 4. The summed E-state index contributed by atoms with van der Waals surface area (Å²) in [4.78, 5) is 25.8. The maximum absolute atomic E-state index is 11.1. The van der Waals surface area contributed by atoms with Crippen molar-refractivity contribution in [1.29, 1.82) is 0 Å². The number of carboxylic acids is 1. The van der Waals surface area contributed by atoms with Crippen LogP contribution in [0.15, 0.2) is 18.3 Å². The second-order valence-corrected chi connectivity index (χ2v) is 3.97. The van der Waals surface area contributed by atoms with Crippen molar-refractivity contribution in [2.75, 3.05) is 5.32 Å². The zero-order valence-electron chi connectivity index (χ0n) is 10.2. The van der Waals surface area contributed by atoms with E-state index in [4.69, 9.17) is 10.8 Å². The molecule has 0 saturated carbocycles. The summed E-state index contributed by atoms with van der Waals surface area (Å²) in [6, 6.07) is 2.38. The van der Waals surface area contributed by atoms with Crippen LogP contribution in [0.4, 0.5) is 5.69 Å². The molecule has 0 bridgehead atoms. The molecular weight excluding hydrogens is 234 g/mol. The molecule has 6 nitrogen and oxygen atoms in total. The van der Waals surface area contributed by atoms with Crippen molar-refractivity contribution in [2.45, 2.75) is 32.2 Å². The number of carboxylic acid groups (broad SMARTS) is 1. The summed E-state index contributed by atoms with van der Waals surface area (Å²) in [5.74, 6) is -1.56. The molecule has 1 atom stereocenters. The minimum absolute atomic E-state index is 0.111. The van der Waals surface area contributed by atoms with Crippen LogP contribution in [-0.4, -0.2) is 28.0 Å². The van der Waals surface area contributed by atoms with Gasteiger partial charge in [0.2, 0.25) is 0 Å². The van der Waals surface area contributed by atoms with Crippen LogP contribution in [0.3, 0.4) is 0 Å². The van der Waals surface area contributed by atoms with Gasteiger partial charge in [-0.1, -0.05) is 19.8 Å². The number of carbonyl (C=O) groups is 2. The van der Waals surface area contributed by atoms with Gasteiger partial charge >= 0.3 is 5.97 Å². The van der Waals surface area contributed by atoms with Crippen molar-refractivity contribution in [3.63, 3.8) is 0 Å². The number of pyridine rings is 1. The largest absolute Gasteiger partial charge is 0.480 e. The summed E-state index contributed by atoms with van der Waals surface area (Å²) in [7, 11) is 0. The number of nitrogens with two attached hydrogens (primary N) is 1. The van der Waals surface area contributed by atoms with E-state index < -0.39 is 17.9 Å².